The van der Waals surface area contributed by atoms with Crippen molar-refractivity contribution in [3.05, 3.63) is 45.9 Å². The SMILES string of the molecule is CN(C)C(=O)c1nc2c(s1)CCc1cnc(Nc3cccc(S(N)(=O)=O)c3)nc1-2. The van der Waals surface area contributed by atoms with Gasteiger partial charge in [0.05, 0.1) is 10.6 Å². The number of nitrogens with zero attached hydrogens (tertiary/aromatic N) is 4. The first-order chi connectivity index (χ1) is 13.7. The Bertz CT molecular complexity index is 1220. The number of sulfonamides is 1. The predicted molar refractivity (Wildman–Crippen MR) is 110 cm³/mol. The van der Waals surface area contributed by atoms with Gasteiger partial charge in [-0.3, -0.25) is 4.79 Å². The first-order valence-corrected chi connectivity index (χ1v) is 11.1. The first-order valence-electron chi connectivity index (χ1n) is 8.70. The number of rotatable bonds is 4. The second-order valence-electron chi connectivity index (χ2n) is 6.76. The van der Waals surface area contributed by atoms with Crippen LogP contribution in [0.3, 0.4) is 0 Å². The lowest BCUT2D eigenvalue weighted by Gasteiger charge is -2.15. The molecule has 9 nitrogen and oxygen atoms in total. The zero-order valence-corrected chi connectivity index (χ0v) is 17.3. The van der Waals surface area contributed by atoms with Gasteiger partial charge in [0, 0.05) is 30.9 Å². The topological polar surface area (TPSA) is 131 Å². The summed E-state index contributed by atoms with van der Waals surface area (Å²) >= 11 is 1.39. The van der Waals surface area contributed by atoms with Gasteiger partial charge >= 0.3 is 0 Å². The number of anilines is 2. The van der Waals surface area contributed by atoms with E-state index in [4.69, 9.17) is 5.14 Å². The van der Waals surface area contributed by atoms with E-state index in [1.807, 2.05) is 0 Å². The van der Waals surface area contributed by atoms with Crippen molar-refractivity contribution >= 4 is 38.9 Å². The van der Waals surface area contributed by atoms with Gasteiger partial charge in [-0.15, -0.1) is 11.3 Å². The van der Waals surface area contributed by atoms with Crippen LogP contribution < -0.4 is 10.5 Å². The highest BCUT2D eigenvalue weighted by atomic mass is 32.2. The quantitative estimate of drug-likeness (QED) is 0.645. The van der Waals surface area contributed by atoms with E-state index in [1.165, 1.54) is 28.4 Å². The summed E-state index contributed by atoms with van der Waals surface area (Å²) in [6.45, 7) is 0. The molecule has 1 aliphatic carbocycles. The number of primary sulfonamides is 1. The lowest BCUT2D eigenvalue weighted by atomic mass is 10.00. The molecule has 0 spiro atoms. The van der Waals surface area contributed by atoms with E-state index in [0.717, 1.165) is 23.3 Å². The number of benzene rings is 1. The molecular formula is C18H18N6O3S2. The minimum absolute atomic E-state index is 0.00547. The summed E-state index contributed by atoms with van der Waals surface area (Å²) in [5, 5.41) is 8.62. The highest BCUT2D eigenvalue weighted by molar-refractivity contribution is 7.89. The summed E-state index contributed by atoms with van der Waals surface area (Å²) in [6.07, 6.45) is 3.28. The molecule has 1 amide bonds. The molecule has 4 rings (SSSR count). The van der Waals surface area contributed by atoms with Crippen LogP contribution in [0.25, 0.3) is 11.4 Å². The van der Waals surface area contributed by atoms with E-state index < -0.39 is 10.0 Å². The van der Waals surface area contributed by atoms with Crippen molar-refractivity contribution in [1.29, 1.82) is 0 Å². The van der Waals surface area contributed by atoms with Gasteiger partial charge in [-0.2, -0.15) is 0 Å². The zero-order valence-electron chi connectivity index (χ0n) is 15.7. The summed E-state index contributed by atoms with van der Waals surface area (Å²) in [6, 6.07) is 6.11. The number of fused-ring (bicyclic) bond motifs is 3. The Balaban J connectivity index is 1.68. The van der Waals surface area contributed by atoms with Crippen molar-refractivity contribution in [2.45, 2.75) is 17.7 Å². The number of aromatic nitrogens is 3. The number of carbonyl (C=O) groups excluding carboxylic acids is 1. The highest BCUT2D eigenvalue weighted by Crippen LogP contribution is 2.35. The molecule has 0 radical (unpaired) electrons. The standard InChI is InChI=1S/C18H18N6O3S2/c1-24(2)17(25)16-22-15-13(28-16)7-6-10-9-20-18(23-14(10)15)21-11-4-3-5-12(8-11)29(19,26)27/h3-5,8-9H,6-7H2,1-2H3,(H2,19,26,27)(H,20,21,23). The number of thiazole rings is 1. The minimum Gasteiger partial charge on any atom is -0.343 e. The van der Waals surface area contributed by atoms with Gasteiger partial charge in [-0.25, -0.2) is 28.5 Å². The van der Waals surface area contributed by atoms with Crippen LogP contribution in [0.4, 0.5) is 11.6 Å². The predicted octanol–water partition coefficient (Wildman–Crippen LogP) is 1.79. The van der Waals surface area contributed by atoms with Gasteiger partial charge < -0.3 is 10.2 Å². The van der Waals surface area contributed by atoms with Gasteiger partial charge in [0.2, 0.25) is 16.0 Å². The normalized spacial score (nSPS) is 12.8. The Morgan fingerprint density at radius 1 is 1.21 bits per heavy atom. The molecule has 0 fully saturated rings. The maximum Gasteiger partial charge on any atom is 0.282 e. The highest BCUT2D eigenvalue weighted by Gasteiger charge is 2.26. The largest absolute Gasteiger partial charge is 0.343 e. The second kappa shape index (κ2) is 7.17. The fourth-order valence-electron chi connectivity index (χ4n) is 2.97. The molecule has 0 bridgehead atoms. The van der Waals surface area contributed by atoms with E-state index in [9.17, 15) is 13.2 Å². The third kappa shape index (κ3) is 3.84. The molecule has 11 heteroatoms. The molecule has 0 aliphatic heterocycles. The molecule has 0 saturated heterocycles. The van der Waals surface area contributed by atoms with Gasteiger partial charge in [0.15, 0.2) is 5.01 Å². The smallest absolute Gasteiger partial charge is 0.282 e. The van der Waals surface area contributed by atoms with E-state index in [1.54, 1.807) is 32.4 Å². The zero-order chi connectivity index (χ0) is 20.8. The maximum atomic E-state index is 12.3. The monoisotopic (exact) mass is 430 g/mol. The average Bonchev–Trinajstić information content (AvgIpc) is 3.11. The molecule has 2 aromatic heterocycles. The van der Waals surface area contributed by atoms with Crippen LogP contribution >= 0.6 is 11.3 Å². The molecular weight excluding hydrogens is 412 g/mol. The van der Waals surface area contributed by atoms with Crippen LogP contribution in [-0.2, 0) is 22.9 Å². The maximum absolute atomic E-state index is 12.3. The third-order valence-corrected chi connectivity index (χ3v) is 6.43. The van der Waals surface area contributed by atoms with Crippen LogP contribution in [0.2, 0.25) is 0 Å². The molecule has 29 heavy (non-hydrogen) atoms. The lowest BCUT2D eigenvalue weighted by molar-refractivity contribution is 0.0827. The van der Waals surface area contributed by atoms with Gasteiger partial charge in [0.1, 0.15) is 5.69 Å². The van der Waals surface area contributed by atoms with E-state index in [2.05, 4.69) is 20.3 Å². The van der Waals surface area contributed by atoms with Gasteiger partial charge in [0.25, 0.3) is 5.91 Å². The number of nitrogens with one attached hydrogen (secondary N) is 1. The summed E-state index contributed by atoms with van der Waals surface area (Å²) in [4.78, 5) is 28.2. The molecule has 2 heterocycles. The minimum atomic E-state index is -3.81. The van der Waals surface area contributed by atoms with Crippen molar-refractivity contribution in [1.82, 2.24) is 19.9 Å². The van der Waals surface area contributed by atoms with Crippen LogP contribution in [0.15, 0.2) is 35.4 Å². The van der Waals surface area contributed by atoms with Crippen LogP contribution in [0, 0.1) is 0 Å². The number of aryl methyl sites for hydroxylation is 2. The molecule has 3 N–H and O–H groups in total. The van der Waals surface area contributed by atoms with Crippen molar-refractivity contribution in [3.63, 3.8) is 0 Å². The second-order valence-corrected chi connectivity index (χ2v) is 9.40. The van der Waals surface area contributed by atoms with Gasteiger partial charge in [-0.1, -0.05) is 6.07 Å². The van der Waals surface area contributed by atoms with E-state index in [0.29, 0.717) is 28.0 Å². The molecule has 0 saturated carbocycles. The fourth-order valence-corrected chi connectivity index (χ4v) is 4.61. The number of amides is 1. The summed E-state index contributed by atoms with van der Waals surface area (Å²) in [7, 11) is -0.428. The van der Waals surface area contributed by atoms with E-state index in [-0.39, 0.29) is 10.8 Å². The molecule has 1 aliphatic rings. The first kappa shape index (κ1) is 19.4. The van der Waals surface area contributed by atoms with Crippen LogP contribution in [-0.4, -0.2) is 48.3 Å². The fraction of sp³-hybridized carbons (Fsp3) is 0.222. The van der Waals surface area contributed by atoms with Crippen molar-refractivity contribution in [2.24, 2.45) is 5.14 Å². The number of carbonyl (C=O) groups is 1. The Labute approximate surface area is 171 Å². The Kier molecular flexibility index (Phi) is 4.81. The summed E-state index contributed by atoms with van der Waals surface area (Å²) < 4.78 is 23.1. The van der Waals surface area contributed by atoms with Crippen molar-refractivity contribution < 1.29 is 13.2 Å². The molecule has 0 unspecified atom stereocenters. The number of hydrogen-bond acceptors (Lipinski definition) is 8. The lowest BCUT2D eigenvalue weighted by Crippen LogP contribution is -2.21. The number of hydrogen-bond donors (Lipinski definition) is 2. The molecule has 150 valence electrons. The molecule has 1 aromatic carbocycles. The molecule has 3 aromatic rings. The Hall–Kier alpha value is -2.89. The Morgan fingerprint density at radius 2 is 2.00 bits per heavy atom. The number of nitrogens with two attached hydrogens (primary N) is 1. The van der Waals surface area contributed by atoms with Gasteiger partial charge in [-0.05, 0) is 36.6 Å². The van der Waals surface area contributed by atoms with E-state index >= 15 is 0 Å². The third-order valence-electron chi connectivity index (χ3n) is 4.42. The summed E-state index contributed by atoms with van der Waals surface area (Å²) in [5.74, 6) is 0.162. The summed E-state index contributed by atoms with van der Waals surface area (Å²) in [5.41, 5.74) is 2.83. The molecule has 0 atom stereocenters. The van der Waals surface area contributed by atoms with Crippen LogP contribution in [0.1, 0.15) is 20.2 Å². The van der Waals surface area contributed by atoms with Crippen molar-refractivity contribution in [3.8, 4) is 11.4 Å². The van der Waals surface area contributed by atoms with Crippen molar-refractivity contribution in [2.75, 3.05) is 19.4 Å². The average molecular weight is 431 g/mol. The Morgan fingerprint density at radius 3 is 2.72 bits per heavy atom. The van der Waals surface area contributed by atoms with Crippen LogP contribution in [0.5, 0.6) is 0 Å².